The molecule has 0 saturated heterocycles. The van der Waals surface area contributed by atoms with E-state index >= 15 is 0 Å². The maximum Gasteiger partial charge on any atom is 0.314 e. The zero-order valence-corrected chi connectivity index (χ0v) is 14.7. The Balaban J connectivity index is 2.10. The molecule has 23 heavy (non-hydrogen) atoms. The molecule has 0 spiro atoms. The van der Waals surface area contributed by atoms with E-state index in [-0.39, 0.29) is 0 Å². The van der Waals surface area contributed by atoms with Crippen molar-refractivity contribution in [2.75, 3.05) is 17.7 Å². The zero-order chi connectivity index (χ0) is 17.0. The number of methoxy groups -OCH3 is 1. The van der Waals surface area contributed by atoms with Crippen molar-refractivity contribution >= 4 is 39.1 Å². The molecular formula is C17H17BrN2O3. The van der Waals surface area contributed by atoms with Gasteiger partial charge in [-0.3, -0.25) is 9.59 Å². The van der Waals surface area contributed by atoms with Crippen LogP contribution in [0.15, 0.2) is 40.9 Å². The highest BCUT2D eigenvalue weighted by atomic mass is 79.9. The van der Waals surface area contributed by atoms with Crippen LogP contribution in [0.25, 0.3) is 0 Å². The molecule has 2 amide bonds. The Bertz CT molecular complexity index is 759. The van der Waals surface area contributed by atoms with Crippen molar-refractivity contribution in [2.24, 2.45) is 0 Å². The molecule has 5 nitrogen and oxygen atoms in total. The van der Waals surface area contributed by atoms with Crippen molar-refractivity contribution in [1.82, 2.24) is 0 Å². The molecule has 2 aromatic rings. The van der Waals surface area contributed by atoms with E-state index in [1.165, 1.54) is 7.11 Å². The molecule has 0 atom stereocenters. The molecule has 120 valence electrons. The molecule has 2 aromatic carbocycles. The number of ether oxygens (including phenoxy) is 1. The van der Waals surface area contributed by atoms with E-state index in [4.69, 9.17) is 4.74 Å². The van der Waals surface area contributed by atoms with Crippen LogP contribution in [0.2, 0.25) is 0 Å². The Hall–Kier alpha value is -2.34. The number of rotatable bonds is 3. The maximum atomic E-state index is 12.1. The standard InChI is InChI=1S/C17H17BrN2O3/c1-10-4-7-15(23-3)14(8-10)20-17(22)16(21)19-12-5-6-13(18)11(2)9-12/h4-9H,1-3H3,(H,19,21)(H,20,22). The summed E-state index contributed by atoms with van der Waals surface area (Å²) in [6, 6.07) is 10.7. The third-order valence-corrected chi connectivity index (χ3v) is 4.11. The smallest absolute Gasteiger partial charge is 0.314 e. The van der Waals surface area contributed by atoms with E-state index in [0.29, 0.717) is 17.1 Å². The summed E-state index contributed by atoms with van der Waals surface area (Å²) in [6.07, 6.45) is 0. The second-order valence-electron chi connectivity index (χ2n) is 5.08. The van der Waals surface area contributed by atoms with Gasteiger partial charge in [0.15, 0.2) is 0 Å². The number of hydrogen-bond donors (Lipinski definition) is 2. The molecule has 0 aliphatic heterocycles. The van der Waals surface area contributed by atoms with Gasteiger partial charge >= 0.3 is 11.8 Å². The van der Waals surface area contributed by atoms with E-state index in [1.54, 1.807) is 24.3 Å². The van der Waals surface area contributed by atoms with Crippen LogP contribution < -0.4 is 15.4 Å². The van der Waals surface area contributed by atoms with Gasteiger partial charge in [0, 0.05) is 10.2 Å². The molecule has 0 aliphatic rings. The number of amides is 2. The normalized spacial score (nSPS) is 10.1. The summed E-state index contributed by atoms with van der Waals surface area (Å²) in [7, 11) is 1.50. The third-order valence-electron chi connectivity index (χ3n) is 3.23. The van der Waals surface area contributed by atoms with E-state index in [2.05, 4.69) is 26.6 Å². The van der Waals surface area contributed by atoms with Crippen molar-refractivity contribution in [3.8, 4) is 5.75 Å². The summed E-state index contributed by atoms with van der Waals surface area (Å²) < 4.78 is 6.11. The monoisotopic (exact) mass is 376 g/mol. The third kappa shape index (κ3) is 4.32. The number of halogens is 1. The van der Waals surface area contributed by atoms with E-state index in [9.17, 15) is 9.59 Å². The molecule has 0 heterocycles. The highest BCUT2D eigenvalue weighted by molar-refractivity contribution is 9.10. The molecule has 0 unspecified atom stereocenters. The molecule has 0 aromatic heterocycles. The van der Waals surface area contributed by atoms with Gasteiger partial charge in [-0.05, 0) is 55.3 Å². The lowest BCUT2D eigenvalue weighted by atomic mass is 10.2. The van der Waals surface area contributed by atoms with Crippen molar-refractivity contribution in [1.29, 1.82) is 0 Å². The molecule has 6 heteroatoms. The summed E-state index contributed by atoms with van der Waals surface area (Å²) >= 11 is 3.39. The van der Waals surface area contributed by atoms with Gasteiger partial charge in [0.05, 0.1) is 12.8 Å². The van der Waals surface area contributed by atoms with Crippen LogP contribution in [0, 0.1) is 13.8 Å². The van der Waals surface area contributed by atoms with Gasteiger partial charge in [-0.15, -0.1) is 0 Å². The minimum Gasteiger partial charge on any atom is -0.495 e. The Morgan fingerprint density at radius 2 is 1.70 bits per heavy atom. The van der Waals surface area contributed by atoms with Gasteiger partial charge in [0.1, 0.15) is 5.75 Å². The van der Waals surface area contributed by atoms with Crippen LogP contribution in [0.1, 0.15) is 11.1 Å². The van der Waals surface area contributed by atoms with E-state index < -0.39 is 11.8 Å². The Morgan fingerprint density at radius 3 is 2.35 bits per heavy atom. The number of aryl methyl sites for hydroxylation is 2. The molecule has 0 fully saturated rings. The van der Waals surface area contributed by atoms with E-state index in [0.717, 1.165) is 15.6 Å². The fraction of sp³-hybridized carbons (Fsp3) is 0.176. The number of carbonyl (C=O) groups is 2. The largest absolute Gasteiger partial charge is 0.495 e. The fourth-order valence-electron chi connectivity index (χ4n) is 2.01. The minimum absolute atomic E-state index is 0.458. The zero-order valence-electron chi connectivity index (χ0n) is 13.1. The van der Waals surface area contributed by atoms with Crippen molar-refractivity contribution < 1.29 is 14.3 Å². The second kappa shape index (κ2) is 7.28. The van der Waals surface area contributed by atoms with Crippen LogP contribution in [0.5, 0.6) is 5.75 Å². The lowest BCUT2D eigenvalue weighted by Gasteiger charge is -2.11. The van der Waals surface area contributed by atoms with Crippen molar-refractivity contribution in [3.05, 3.63) is 52.0 Å². The fourth-order valence-corrected chi connectivity index (χ4v) is 2.26. The predicted molar refractivity (Wildman–Crippen MR) is 93.9 cm³/mol. The molecule has 2 rings (SSSR count). The summed E-state index contributed by atoms with van der Waals surface area (Å²) in [5.74, 6) is -0.999. The topological polar surface area (TPSA) is 67.4 Å². The first-order valence-electron chi connectivity index (χ1n) is 6.94. The van der Waals surface area contributed by atoms with Crippen LogP contribution in [-0.4, -0.2) is 18.9 Å². The van der Waals surface area contributed by atoms with Gasteiger partial charge < -0.3 is 15.4 Å². The lowest BCUT2D eigenvalue weighted by molar-refractivity contribution is -0.133. The van der Waals surface area contributed by atoms with Crippen LogP contribution in [0.3, 0.4) is 0 Å². The summed E-state index contributed by atoms with van der Waals surface area (Å²) in [5.41, 5.74) is 2.93. The number of benzene rings is 2. The summed E-state index contributed by atoms with van der Waals surface area (Å²) in [4.78, 5) is 24.1. The lowest BCUT2D eigenvalue weighted by Crippen LogP contribution is -2.29. The van der Waals surface area contributed by atoms with Crippen molar-refractivity contribution in [3.63, 3.8) is 0 Å². The highest BCUT2D eigenvalue weighted by Gasteiger charge is 2.16. The number of hydrogen-bond acceptors (Lipinski definition) is 3. The van der Waals surface area contributed by atoms with Crippen LogP contribution in [-0.2, 0) is 9.59 Å². The molecule has 0 saturated carbocycles. The number of carbonyl (C=O) groups excluding carboxylic acids is 2. The highest BCUT2D eigenvalue weighted by Crippen LogP contribution is 2.25. The molecule has 2 N–H and O–H groups in total. The van der Waals surface area contributed by atoms with Gasteiger partial charge in [0.25, 0.3) is 0 Å². The quantitative estimate of drug-likeness (QED) is 0.803. The average molecular weight is 377 g/mol. The first-order valence-corrected chi connectivity index (χ1v) is 7.73. The van der Waals surface area contributed by atoms with Crippen LogP contribution in [0.4, 0.5) is 11.4 Å². The maximum absolute atomic E-state index is 12.1. The minimum atomic E-state index is -0.755. The number of nitrogens with one attached hydrogen (secondary N) is 2. The summed E-state index contributed by atoms with van der Waals surface area (Å²) in [6.45, 7) is 3.79. The predicted octanol–water partition coefficient (Wildman–Crippen LogP) is 3.65. The van der Waals surface area contributed by atoms with E-state index in [1.807, 2.05) is 26.0 Å². The van der Waals surface area contributed by atoms with Gasteiger partial charge in [-0.2, -0.15) is 0 Å². The van der Waals surface area contributed by atoms with Gasteiger partial charge in [0.2, 0.25) is 0 Å². The first kappa shape index (κ1) is 17.0. The van der Waals surface area contributed by atoms with Crippen molar-refractivity contribution in [2.45, 2.75) is 13.8 Å². The Morgan fingerprint density at radius 1 is 1.00 bits per heavy atom. The van der Waals surface area contributed by atoms with Gasteiger partial charge in [-0.1, -0.05) is 22.0 Å². The second-order valence-corrected chi connectivity index (χ2v) is 5.93. The number of anilines is 2. The molecule has 0 bridgehead atoms. The van der Waals surface area contributed by atoms with Crippen LogP contribution >= 0.6 is 15.9 Å². The summed E-state index contributed by atoms with van der Waals surface area (Å²) in [5, 5.41) is 5.13. The first-order chi connectivity index (χ1) is 10.9. The Kier molecular flexibility index (Phi) is 5.39. The molecular weight excluding hydrogens is 360 g/mol. The average Bonchev–Trinajstić information content (AvgIpc) is 2.51. The van der Waals surface area contributed by atoms with Gasteiger partial charge in [-0.25, -0.2) is 0 Å². The Labute approximate surface area is 143 Å². The molecule has 0 aliphatic carbocycles. The molecule has 0 radical (unpaired) electrons. The SMILES string of the molecule is COc1ccc(C)cc1NC(=O)C(=O)Nc1ccc(Br)c(C)c1.